The Hall–Kier alpha value is -2.67. The van der Waals surface area contributed by atoms with E-state index < -0.39 is 6.04 Å². The third-order valence-electron chi connectivity index (χ3n) is 4.22. The second-order valence-corrected chi connectivity index (χ2v) is 8.60. The predicted molar refractivity (Wildman–Crippen MR) is 113 cm³/mol. The van der Waals surface area contributed by atoms with Crippen molar-refractivity contribution in [2.45, 2.75) is 46.2 Å². The minimum Gasteiger partial charge on any atom is -0.352 e. The molecule has 0 spiro atoms. The van der Waals surface area contributed by atoms with Crippen LogP contribution < -0.4 is 10.6 Å². The minimum absolute atomic E-state index is 0.0275. The fourth-order valence-corrected chi connectivity index (χ4v) is 3.93. The predicted octanol–water partition coefficient (Wildman–Crippen LogP) is 3.76. The summed E-state index contributed by atoms with van der Waals surface area (Å²) in [5, 5.41) is 6.64. The lowest BCUT2D eigenvalue weighted by Crippen LogP contribution is -2.49. The first kappa shape index (κ1) is 20.1. The molecule has 0 fully saturated rings. The fraction of sp³-hybridized carbons (Fsp3) is 0.381. The van der Waals surface area contributed by atoms with E-state index in [-0.39, 0.29) is 23.8 Å². The number of nitrogens with zero attached hydrogens (tertiary/aromatic N) is 2. The molecule has 7 heteroatoms. The number of amides is 2. The Labute approximate surface area is 169 Å². The fourth-order valence-electron chi connectivity index (χ4n) is 2.96. The number of fused-ring (bicyclic) bond motifs is 1. The van der Waals surface area contributed by atoms with E-state index >= 15 is 0 Å². The van der Waals surface area contributed by atoms with Crippen molar-refractivity contribution in [2.75, 3.05) is 0 Å². The second kappa shape index (κ2) is 8.56. The van der Waals surface area contributed by atoms with Gasteiger partial charge in [-0.1, -0.05) is 25.2 Å². The Morgan fingerprint density at radius 3 is 2.46 bits per heavy atom. The van der Waals surface area contributed by atoms with E-state index in [1.165, 1.54) is 11.3 Å². The maximum absolute atomic E-state index is 12.8. The largest absolute Gasteiger partial charge is 0.352 e. The van der Waals surface area contributed by atoms with Gasteiger partial charge in [-0.3, -0.25) is 9.59 Å². The molecule has 2 heterocycles. The zero-order chi connectivity index (χ0) is 20.3. The maximum atomic E-state index is 12.8. The van der Waals surface area contributed by atoms with Gasteiger partial charge in [0.2, 0.25) is 5.91 Å². The monoisotopic (exact) mass is 398 g/mol. The molecule has 0 aliphatic carbocycles. The second-order valence-electron chi connectivity index (χ2n) is 7.59. The third-order valence-corrected chi connectivity index (χ3v) is 5.26. The number of hydrogen-bond donors (Lipinski definition) is 2. The standard InChI is InChI=1S/C21H26N4O2S/c1-13(2)11-17(20(27)22-14(3)4)23-19(26)15-7-8-16-18(12-15)28-21(24-16)25-9-5-6-10-25/h5-10,12-14,17H,11H2,1-4H3,(H,22,27)(H,23,26)/t17-/m0/s1. The Morgan fingerprint density at radius 2 is 1.82 bits per heavy atom. The van der Waals surface area contributed by atoms with Gasteiger partial charge in [0, 0.05) is 24.0 Å². The van der Waals surface area contributed by atoms with E-state index in [4.69, 9.17) is 0 Å². The van der Waals surface area contributed by atoms with Crippen LogP contribution >= 0.6 is 11.3 Å². The van der Waals surface area contributed by atoms with Crippen LogP contribution in [-0.4, -0.2) is 33.4 Å². The molecule has 0 aliphatic heterocycles. The number of aromatic nitrogens is 2. The summed E-state index contributed by atoms with van der Waals surface area (Å²) in [6, 6.07) is 8.80. The first-order valence-electron chi connectivity index (χ1n) is 9.48. The van der Waals surface area contributed by atoms with Crippen molar-refractivity contribution in [3.8, 4) is 5.13 Å². The minimum atomic E-state index is -0.553. The molecule has 0 aliphatic rings. The molecule has 2 amide bonds. The summed E-state index contributed by atoms with van der Waals surface area (Å²) < 4.78 is 2.88. The molecule has 0 unspecified atom stereocenters. The summed E-state index contributed by atoms with van der Waals surface area (Å²) in [5.41, 5.74) is 1.38. The summed E-state index contributed by atoms with van der Waals surface area (Å²) in [5.74, 6) is -0.107. The van der Waals surface area contributed by atoms with Gasteiger partial charge in [-0.2, -0.15) is 0 Å². The van der Waals surface area contributed by atoms with Crippen LogP contribution in [0.1, 0.15) is 44.5 Å². The van der Waals surface area contributed by atoms with Gasteiger partial charge in [0.1, 0.15) is 6.04 Å². The highest BCUT2D eigenvalue weighted by atomic mass is 32.1. The van der Waals surface area contributed by atoms with Gasteiger partial charge >= 0.3 is 0 Å². The lowest BCUT2D eigenvalue weighted by molar-refractivity contribution is -0.123. The van der Waals surface area contributed by atoms with Gasteiger partial charge in [0.25, 0.3) is 5.91 Å². The normalized spacial score (nSPS) is 12.5. The lowest BCUT2D eigenvalue weighted by atomic mass is 10.0. The summed E-state index contributed by atoms with van der Waals surface area (Å²) >= 11 is 1.52. The van der Waals surface area contributed by atoms with E-state index in [0.717, 1.165) is 15.3 Å². The highest BCUT2D eigenvalue weighted by molar-refractivity contribution is 7.20. The zero-order valence-electron chi connectivity index (χ0n) is 16.6. The highest BCUT2D eigenvalue weighted by Crippen LogP contribution is 2.26. The Kier molecular flexibility index (Phi) is 6.14. The van der Waals surface area contributed by atoms with Crippen LogP contribution in [0.4, 0.5) is 0 Å². The van der Waals surface area contributed by atoms with E-state index in [0.29, 0.717) is 12.0 Å². The molecule has 2 N–H and O–H groups in total. The molecular formula is C21H26N4O2S. The molecule has 2 aromatic heterocycles. The van der Waals surface area contributed by atoms with Crippen molar-refractivity contribution in [2.24, 2.45) is 5.92 Å². The molecule has 1 aromatic carbocycles. The van der Waals surface area contributed by atoms with Crippen LogP contribution in [-0.2, 0) is 4.79 Å². The molecule has 0 saturated heterocycles. The van der Waals surface area contributed by atoms with Gasteiger partial charge in [-0.15, -0.1) is 0 Å². The summed E-state index contributed by atoms with van der Waals surface area (Å²) in [4.78, 5) is 29.9. The van der Waals surface area contributed by atoms with Gasteiger partial charge in [-0.05, 0) is 56.5 Å². The van der Waals surface area contributed by atoms with Gasteiger partial charge < -0.3 is 15.2 Å². The molecule has 0 saturated carbocycles. The number of rotatable bonds is 7. The quantitative estimate of drug-likeness (QED) is 0.636. The van der Waals surface area contributed by atoms with Crippen LogP contribution in [0.2, 0.25) is 0 Å². The molecule has 6 nitrogen and oxygen atoms in total. The number of nitrogens with one attached hydrogen (secondary N) is 2. The Morgan fingerprint density at radius 1 is 1.11 bits per heavy atom. The number of thiazole rings is 1. The smallest absolute Gasteiger partial charge is 0.251 e. The van der Waals surface area contributed by atoms with Gasteiger partial charge in [0.05, 0.1) is 10.2 Å². The molecule has 1 atom stereocenters. The number of carbonyl (C=O) groups is 2. The Balaban J connectivity index is 1.79. The number of hydrogen-bond acceptors (Lipinski definition) is 4. The third kappa shape index (κ3) is 4.78. The van der Waals surface area contributed by atoms with Crippen LogP contribution in [0.3, 0.4) is 0 Å². The van der Waals surface area contributed by atoms with Crippen molar-refractivity contribution in [3.63, 3.8) is 0 Å². The van der Waals surface area contributed by atoms with Crippen molar-refractivity contribution in [1.29, 1.82) is 0 Å². The summed E-state index contributed by atoms with van der Waals surface area (Å²) in [7, 11) is 0. The average molecular weight is 399 g/mol. The van der Waals surface area contributed by atoms with Crippen molar-refractivity contribution < 1.29 is 9.59 Å². The number of benzene rings is 1. The molecule has 148 valence electrons. The van der Waals surface area contributed by atoms with Crippen LogP contribution in [0.5, 0.6) is 0 Å². The van der Waals surface area contributed by atoms with Crippen molar-refractivity contribution in [1.82, 2.24) is 20.2 Å². The molecule has 28 heavy (non-hydrogen) atoms. The summed E-state index contributed by atoms with van der Waals surface area (Å²) in [6.45, 7) is 7.89. The number of carbonyl (C=O) groups excluding carboxylic acids is 2. The van der Waals surface area contributed by atoms with Crippen LogP contribution in [0.15, 0.2) is 42.7 Å². The van der Waals surface area contributed by atoms with Crippen LogP contribution in [0.25, 0.3) is 15.3 Å². The first-order chi connectivity index (χ1) is 13.3. The van der Waals surface area contributed by atoms with Crippen molar-refractivity contribution in [3.05, 3.63) is 48.3 Å². The first-order valence-corrected chi connectivity index (χ1v) is 10.3. The molecule has 0 bridgehead atoms. The molecular weight excluding hydrogens is 372 g/mol. The van der Waals surface area contributed by atoms with E-state index in [9.17, 15) is 9.59 Å². The molecule has 3 rings (SSSR count). The highest BCUT2D eigenvalue weighted by Gasteiger charge is 2.23. The van der Waals surface area contributed by atoms with E-state index in [2.05, 4.69) is 15.6 Å². The van der Waals surface area contributed by atoms with E-state index in [1.807, 2.05) is 68.9 Å². The maximum Gasteiger partial charge on any atom is 0.251 e. The van der Waals surface area contributed by atoms with Gasteiger partial charge in [-0.25, -0.2) is 4.98 Å². The van der Waals surface area contributed by atoms with Crippen LogP contribution in [0, 0.1) is 5.92 Å². The van der Waals surface area contributed by atoms with E-state index in [1.54, 1.807) is 6.07 Å². The topological polar surface area (TPSA) is 76.0 Å². The summed E-state index contributed by atoms with van der Waals surface area (Å²) in [6.07, 6.45) is 4.47. The molecule has 0 radical (unpaired) electrons. The molecule has 3 aromatic rings. The lowest BCUT2D eigenvalue weighted by Gasteiger charge is -2.21. The average Bonchev–Trinajstić information content (AvgIpc) is 3.28. The van der Waals surface area contributed by atoms with Crippen molar-refractivity contribution >= 4 is 33.4 Å². The zero-order valence-corrected chi connectivity index (χ0v) is 17.4. The SMILES string of the molecule is CC(C)C[C@H](NC(=O)c1ccc2nc(-n3cccc3)sc2c1)C(=O)NC(C)C. The Bertz CT molecular complexity index is 960. The van der Waals surface area contributed by atoms with Gasteiger partial charge in [0.15, 0.2) is 5.13 Å².